The predicted molar refractivity (Wildman–Crippen MR) is 458 cm³/mol. The van der Waals surface area contributed by atoms with Gasteiger partial charge in [0, 0.05) is 70.2 Å². The van der Waals surface area contributed by atoms with Gasteiger partial charge in [-0.1, -0.05) is 115 Å². The number of carbonyl (C=O) groups is 9. The van der Waals surface area contributed by atoms with Crippen molar-refractivity contribution in [3.63, 3.8) is 0 Å². The summed E-state index contributed by atoms with van der Waals surface area (Å²) >= 11 is 0. The van der Waals surface area contributed by atoms with Crippen LogP contribution in [0.1, 0.15) is 220 Å². The number of amides is 4. The van der Waals surface area contributed by atoms with E-state index in [0.29, 0.717) is 112 Å². The monoisotopic (exact) mass is 1690 g/mol. The molecule has 4 fully saturated rings. The Morgan fingerprint density at radius 2 is 0.721 bits per heavy atom. The maximum Gasteiger partial charge on any atom is 0.410 e. The van der Waals surface area contributed by atoms with Crippen LogP contribution in [0.15, 0.2) is 148 Å². The second kappa shape index (κ2) is 46.7. The zero-order valence-electron chi connectivity index (χ0n) is 73.4. The van der Waals surface area contributed by atoms with Crippen LogP contribution in [0.4, 0.5) is 19.2 Å². The number of nitrogens with two attached hydrogens (primary N) is 1. The average Bonchev–Trinajstić information content (AvgIpc) is 1.67. The number of hydrogen-bond acceptors (Lipinski definition) is 24. The number of benzene rings is 5. The van der Waals surface area contributed by atoms with Crippen LogP contribution in [-0.4, -0.2) is 182 Å². The molecule has 7 aromatic rings. The quantitative estimate of drug-likeness (QED) is 0.0257. The number of aliphatic hydroxyl groups is 2. The molecule has 0 spiro atoms. The molecule has 4 aliphatic heterocycles. The third-order valence-corrected chi connectivity index (χ3v) is 21.3. The Balaban J connectivity index is 0.000000204. The molecule has 6 atom stereocenters. The molecule has 0 aliphatic carbocycles. The molecule has 4 saturated heterocycles. The number of carbonyl (C=O) groups excluding carboxylic acids is 9. The first-order valence-electron chi connectivity index (χ1n) is 42.7. The third-order valence-electron chi connectivity index (χ3n) is 21.3. The fraction of sp³-hybridized carbons (Fsp3) is 0.564. The molecule has 4 aliphatic rings. The minimum atomic E-state index is -1.06. The van der Waals surface area contributed by atoms with E-state index in [1.54, 1.807) is 25.7 Å². The average molecular weight is 1690 g/mol. The lowest BCUT2D eigenvalue weighted by molar-refractivity contribution is -0.154. The number of hydrogen-bond donors (Lipinski definition) is 3. The Morgan fingerprint density at radius 3 is 1.06 bits per heavy atom. The molecule has 122 heavy (non-hydrogen) atoms. The van der Waals surface area contributed by atoms with Gasteiger partial charge in [0.1, 0.15) is 71.8 Å². The van der Waals surface area contributed by atoms with Crippen molar-refractivity contribution >= 4 is 76.7 Å². The summed E-state index contributed by atoms with van der Waals surface area (Å²) < 4.78 is 54.2. The summed E-state index contributed by atoms with van der Waals surface area (Å²) in [7, 11) is 1.33. The Labute approximate surface area is 717 Å². The van der Waals surface area contributed by atoms with Gasteiger partial charge in [0.25, 0.3) is 0 Å². The Kier molecular flexibility index (Phi) is 37.1. The summed E-state index contributed by atoms with van der Waals surface area (Å²) in [6.45, 7) is 27.6. The number of likely N-dealkylation sites (tertiary alicyclic amines) is 4. The highest BCUT2D eigenvalue weighted by molar-refractivity contribution is 5.80. The molecule has 11 rings (SSSR count). The molecule has 2 aromatic heterocycles. The molecule has 0 bridgehead atoms. The van der Waals surface area contributed by atoms with Crippen LogP contribution < -0.4 is 5.73 Å². The van der Waals surface area contributed by atoms with Gasteiger partial charge in [-0.25, -0.2) is 29.1 Å². The highest BCUT2D eigenvalue weighted by Crippen LogP contribution is 2.37. The summed E-state index contributed by atoms with van der Waals surface area (Å²) in [6.07, 6.45) is 6.56. The Hall–Kier alpha value is -10.5. The molecular formula is C94H129N7O21. The molecule has 666 valence electrons. The van der Waals surface area contributed by atoms with Gasteiger partial charge in [-0.05, 0) is 225 Å². The lowest BCUT2D eigenvalue weighted by atomic mass is 9.83. The number of piperidine rings is 4. The van der Waals surface area contributed by atoms with E-state index < -0.39 is 64.4 Å². The van der Waals surface area contributed by atoms with Crippen LogP contribution in [-0.2, 0) is 81.7 Å². The van der Waals surface area contributed by atoms with Crippen LogP contribution in [0.5, 0.6) is 0 Å². The van der Waals surface area contributed by atoms with Gasteiger partial charge in [0.15, 0.2) is 11.2 Å². The third kappa shape index (κ3) is 34.1. The van der Waals surface area contributed by atoms with Crippen molar-refractivity contribution in [3.8, 4) is 0 Å². The zero-order chi connectivity index (χ0) is 88.7. The molecule has 0 radical (unpaired) electrons. The van der Waals surface area contributed by atoms with Crippen molar-refractivity contribution in [2.24, 2.45) is 47.2 Å². The van der Waals surface area contributed by atoms with Gasteiger partial charge in [-0.15, -0.1) is 0 Å². The van der Waals surface area contributed by atoms with Gasteiger partial charge in [-0.2, -0.15) is 0 Å². The largest absolute Gasteiger partial charge is 0.469 e. The number of oxazole rings is 2. The maximum atomic E-state index is 12.8. The topological polar surface area (TPSA) is 359 Å². The van der Waals surface area contributed by atoms with Crippen LogP contribution in [0, 0.1) is 41.4 Å². The zero-order valence-corrected chi connectivity index (χ0v) is 73.4. The fourth-order valence-corrected chi connectivity index (χ4v) is 14.9. The number of aldehydes is 1. The normalized spacial score (nSPS) is 16.7. The van der Waals surface area contributed by atoms with E-state index in [4.69, 9.17) is 52.5 Å². The number of aliphatic hydroxyl groups excluding tert-OH is 2. The fourth-order valence-electron chi connectivity index (χ4n) is 14.9. The Bertz CT molecular complexity index is 4340. The van der Waals surface area contributed by atoms with Gasteiger partial charge in [-0.3, -0.25) is 19.2 Å². The number of aromatic nitrogens is 2. The summed E-state index contributed by atoms with van der Waals surface area (Å²) in [6, 6.07) is 42.6. The number of fused-ring (bicyclic) bond motifs is 2. The van der Waals surface area contributed by atoms with E-state index >= 15 is 0 Å². The van der Waals surface area contributed by atoms with Crippen molar-refractivity contribution in [3.05, 3.63) is 168 Å². The number of rotatable bonds is 26. The number of para-hydroxylation sites is 4. The predicted octanol–water partition coefficient (Wildman–Crippen LogP) is 16.8. The maximum absolute atomic E-state index is 12.8. The lowest BCUT2D eigenvalue weighted by Gasteiger charge is -2.35. The standard InChI is InChI=1S/C29H36N2O6.C23H33NO6.C22H31NO5.C20H29N3O4/c1-29(2,3)37-28(34)31-15-13-20(14-16-31)17-22(18-25(32)35-19-21-9-5-4-6-10-21)26(33)27-30-23-11-7-8-12-24(23)36-27;1-23(2,3)30-22(27)24-12-10-17(11-13-24)14-19(21(26)28-4)15-20(25)29-16-18-8-6-5-7-9-18;1-22(2,3)28-21(26)23-11-9-17(10-12-23)13-19(15-24)14-20(25)27-16-18-7-5-4-6-8-18;1-20(2,3)27-19(25)23-10-8-13(9-11-23)12-14(21)17(24)18-22-15-6-4-5-7-16(15)26-18/h4-12,20,22,26,33H,13-19H2,1-3H3;5-9,17,19H,10-16H2,1-4H3;4-8,15,17,19H,9-14,16H2,1-3H3;4-7,13-14,17,24H,8-12,21H2,1-3H3/t22-,26?;2*19-;14-,17?/m1110/s1. The van der Waals surface area contributed by atoms with E-state index in [1.807, 2.05) is 217 Å². The lowest BCUT2D eigenvalue weighted by Crippen LogP contribution is -2.43. The van der Waals surface area contributed by atoms with E-state index in [2.05, 4.69) is 9.97 Å². The van der Waals surface area contributed by atoms with Crippen LogP contribution in [0.3, 0.4) is 0 Å². The van der Waals surface area contributed by atoms with Crippen molar-refractivity contribution in [1.82, 2.24) is 29.6 Å². The van der Waals surface area contributed by atoms with Crippen LogP contribution >= 0.6 is 0 Å². The number of methoxy groups -OCH3 is 1. The van der Waals surface area contributed by atoms with Crippen molar-refractivity contribution in [2.45, 2.75) is 240 Å². The molecule has 28 heteroatoms. The van der Waals surface area contributed by atoms with Crippen LogP contribution in [0.25, 0.3) is 22.2 Å². The van der Waals surface area contributed by atoms with Gasteiger partial charge in [0.2, 0.25) is 11.8 Å². The van der Waals surface area contributed by atoms with Crippen molar-refractivity contribution in [1.29, 1.82) is 0 Å². The second-order valence-electron chi connectivity index (χ2n) is 36.1. The first kappa shape index (κ1) is 97.0. The van der Waals surface area contributed by atoms with Crippen LogP contribution in [0.2, 0.25) is 0 Å². The second-order valence-corrected chi connectivity index (χ2v) is 36.1. The molecule has 2 unspecified atom stereocenters. The smallest absolute Gasteiger partial charge is 0.410 e. The highest BCUT2D eigenvalue weighted by atomic mass is 16.6. The van der Waals surface area contributed by atoms with Gasteiger partial charge in [0.05, 0.1) is 32.3 Å². The van der Waals surface area contributed by atoms with Gasteiger partial charge >= 0.3 is 48.3 Å². The summed E-state index contributed by atoms with van der Waals surface area (Å²) in [5, 5.41) is 21.8. The summed E-state index contributed by atoms with van der Waals surface area (Å²) in [5.41, 5.74) is 9.50. The molecule has 4 amide bonds. The molecular weight excluding hydrogens is 1560 g/mol. The minimum Gasteiger partial charge on any atom is -0.469 e. The molecule has 0 saturated carbocycles. The van der Waals surface area contributed by atoms with Gasteiger partial charge < -0.3 is 87.1 Å². The molecule has 4 N–H and O–H groups in total. The van der Waals surface area contributed by atoms with E-state index in [9.17, 15) is 53.4 Å². The minimum absolute atomic E-state index is 0.00815. The van der Waals surface area contributed by atoms with E-state index in [-0.39, 0.29) is 105 Å². The molecule has 6 heterocycles. The van der Waals surface area contributed by atoms with Crippen molar-refractivity contribution in [2.75, 3.05) is 59.5 Å². The van der Waals surface area contributed by atoms with E-state index in [0.717, 1.165) is 74.3 Å². The molecule has 5 aromatic carbocycles. The number of nitrogens with zero attached hydrogens (tertiary/aromatic N) is 6. The first-order chi connectivity index (χ1) is 57.8. The van der Waals surface area contributed by atoms with Crippen molar-refractivity contribution < 1.29 is 100 Å². The SMILES string of the molecule is CC(C)(C)OC(=O)N1CCC(C[C@@H](C=O)CC(=O)OCc2ccccc2)CC1.CC(C)(C)OC(=O)N1CCC(C[C@H](CC(=O)OCc2ccccc2)C(O)c2nc3ccccc3o2)CC1.CC(C)(C)OC(=O)N1CCC(C[C@H](N)C(O)c2nc3ccccc3o2)CC1.COC(=O)[C@@H](CC(=O)OCc1ccccc1)CC1CCN(C(=O)OC(C)(C)C)CC1. The first-order valence-corrected chi connectivity index (χ1v) is 42.7. The Morgan fingerprint density at radius 1 is 0.418 bits per heavy atom. The summed E-state index contributed by atoms with van der Waals surface area (Å²) in [4.78, 5) is 125. The number of ether oxygens (including phenoxy) is 8. The van der Waals surface area contributed by atoms with E-state index in [1.165, 1.54) is 7.11 Å². The highest BCUT2D eigenvalue weighted by Gasteiger charge is 2.38. The summed E-state index contributed by atoms with van der Waals surface area (Å²) in [5.74, 6) is -1.30. The molecule has 28 nitrogen and oxygen atoms in total. The number of esters is 4.